The number of ether oxygens (including phenoxy) is 3. The molecule has 10 nitrogen and oxygen atoms in total. The summed E-state index contributed by atoms with van der Waals surface area (Å²) in [7, 11) is 3.13. The Hall–Kier alpha value is -3.11. The first-order valence-electron chi connectivity index (χ1n) is 14.8. The minimum absolute atomic E-state index is 0.0493. The van der Waals surface area contributed by atoms with Crippen molar-refractivity contribution in [1.82, 2.24) is 15.5 Å². The van der Waals surface area contributed by atoms with E-state index in [9.17, 15) is 14.4 Å². The lowest BCUT2D eigenvalue weighted by molar-refractivity contribution is -0.138. The molecule has 3 heterocycles. The number of nitrogens with one attached hydrogen (secondary N) is 3. The molecule has 1 aromatic carbocycles. The Balaban J connectivity index is 1.43. The van der Waals surface area contributed by atoms with Gasteiger partial charge in [0.1, 0.15) is 17.5 Å². The van der Waals surface area contributed by atoms with Crippen molar-refractivity contribution in [2.24, 2.45) is 17.3 Å². The molecule has 0 aliphatic carbocycles. The summed E-state index contributed by atoms with van der Waals surface area (Å²) in [6.45, 7) is 6.83. The fourth-order valence-electron chi connectivity index (χ4n) is 6.04. The number of likely N-dealkylation sites (tertiary alicyclic amines) is 1. The summed E-state index contributed by atoms with van der Waals surface area (Å²) in [5.41, 5.74) is -0.0237. The topological polar surface area (TPSA) is 118 Å². The van der Waals surface area contributed by atoms with Gasteiger partial charge in [0.15, 0.2) is 0 Å². The van der Waals surface area contributed by atoms with Crippen LogP contribution in [0.4, 0.5) is 5.69 Å². The van der Waals surface area contributed by atoms with Crippen molar-refractivity contribution in [3.63, 3.8) is 0 Å². The predicted octanol–water partition coefficient (Wildman–Crippen LogP) is 3.13. The summed E-state index contributed by atoms with van der Waals surface area (Å²) in [5, 5.41) is 9.31. The summed E-state index contributed by atoms with van der Waals surface area (Å²) in [6, 6.07) is 4.72. The fourth-order valence-corrected chi connectivity index (χ4v) is 6.04. The highest BCUT2D eigenvalue weighted by atomic mass is 16.5. The lowest BCUT2D eigenvalue weighted by atomic mass is 9.74. The van der Waals surface area contributed by atoms with Gasteiger partial charge in [0, 0.05) is 42.5 Å². The third-order valence-electron chi connectivity index (χ3n) is 8.54. The molecule has 41 heavy (non-hydrogen) atoms. The zero-order valence-electron chi connectivity index (χ0n) is 24.9. The number of hydrogen-bond donors (Lipinski definition) is 3. The number of methoxy groups -OCH3 is 2. The Bertz CT molecular complexity index is 1080. The molecule has 0 unspecified atom stereocenters. The van der Waals surface area contributed by atoms with Crippen molar-refractivity contribution in [1.29, 1.82) is 0 Å². The number of allylic oxidation sites excluding steroid dienone is 2. The average molecular weight is 571 g/mol. The van der Waals surface area contributed by atoms with Crippen LogP contribution in [0.15, 0.2) is 30.4 Å². The number of rotatable bonds is 7. The van der Waals surface area contributed by atoms with Crippen molar-refractivity contribution in [2.75, 3.05) is 52.4 Å². The molecular weight excluding hydrogens is 524 g/mol. The van der Waals surface area contributed by atoms with Gasteiger partial charge in [-0.05, 0) is 57.5 Å². The monoisotopic (exact) mass is 570 g/mol. The van der Waals surface area contributed by atoms with Crippen molar-refractivity contribution < 1.29 is 28.6 Å². The second-order valence-electron chi connectivity index (χ2n) is 12.0. The number of fused-ring (bicyclic) bond motifs is 1. The summed E-state index contributed by atoms with van der Waals surface area (Å²) < 4.78 is 16.3. The van der Waals surface area contributed by atoms with E-state index in [-0.39, 0.29) is 42.1 Å². The van der Waals surface area contributed by atoms with Crippen LogP contribution < -0.4 is 25.4 Å². The molecule has 1 spiro atoms. The van der Waals surface area contributed by atoms with Gasteiger partial charge in [-0.25, -0.2) is 0 Å². The molecule has 3 aliphatic rings. The van der Waals surface area contributed by atoms with E-state index in [2.05, 4.69) is 46.8 Å². The second-order valence-corrected chi connectivity index (χ2v) is 12.0. The van der Waals surface area contributed by atoms with E-state index in [4.69, 9.17) is 14.2 Å². The van der Waals surface area contributed by atoms with Gasteiger partial charge in [-0.15, -0.1) is 0 Å². The van der Waals surface area contributed by atoms with E-state index in [0.717, 1.165) is 12.8 Å². The van der Waals surface area contributed by atoms with Gasteiger partial charge in [-0.1, -0.05) is 26.0 Å². The molecule has 4 rings (SSSR count). The first kappa shape index (κ1) is 30.8. The highest BCUT2D eigenvalue weighted by Crippen LogP contribution is 2.37. The van der Waals surface area contributed by atoms with E-state index < -0.39 is 11.5 Å². The molecule has 1 aromatic rings. The minimum Gasteiger partial charge on any atom is -0.497 e. The molecule has 0 bridgehead atoms. The van der Waals surface area contributed by atoms with Crippen LogP contribution in [0.25, 0.3) is 0 Å². The molecule has 2 fully saturated rings. The smallest absolute Gasteiger partial charge is 0.242 e. The summed E-state index contributed by atoms with van der Waals surface area (Å²) >= 11 is 0. The highest BCUT2D eigenvalue weighted by molar-refractivity contribution is 5.93. The number of piperidine rings is 1. The van der Waals surface area contributed by atoms with Crippen molar-refractivity contribution in [2.45, 2.75) is 64.5 Å². The van der Waals surface area contributed by atoms with Gasteiger partial charge in [0.2, 0.25) is 17.7 Å². The molecule has 2 saturated heterocycles. The van der Waals surface area contributed by atoms with Crippen molar-refractivity contribution >= 4 is 23.4 Å². The van der Waals surface area contributed by atoms with E-state index >= 15 is 0 Å². The Morgan fingerprint density at radius 3 is 2.46 bits per heavy atom. The molecule has 0 aromatic heterocycles. The number of carbonyl (C=O) groups excluding carboxylic acids is 3. The van der Waals surface area contributed by atoms with E-state index in [0.29, 0.717) is 69.2 Å². The molecule has 10 heteroatoms. The molecule has 3 N–H and O–H groups in total. The molecule has 3 atom stereocenters. The van der Waals surface area contributed by atoms with Crippen LogP contribution in [0.1, 0.15) is 52.4 Å². The Morgan fingerprint density at radius 1 is 1.10 bits per heavy atom. The van der Waals surface area contributed by atoms with Crippen LogP contribution >= 0.6 is 0 Å². The second kappa shape index (κ2) is 14.2. The maximum Gasteiger partial charge on any atom is 0.242 e. The molecule has 226 valence electrons. The van der Waals surface area contributed by atoms with E-state index in [1.54, 1.807) is 32.4 Å². The zero-order chi connectivity index (χ0) is 29.4. The number of hydrogen-bond acceptors (Lipinski definition) is 7. The molecule has 3 aliphatic heterocycles. The third-order valence-corrected chi connectivity index (χ3v) is 8.54. The van der Waals surface area contributed by atoms with Crippen LogP contribution in [-0.4, -0.2) is 81.8 Å². The normalized spacial score (nSPS) is 26.1. The van der Waals surface area contributed by atoms with Gasteiger partial charge in [0.05, 0.1) is 32.8 Å². The van der Waals surface area contributed by atoms with E-state index in [1.165, 1.54) is 0 Å². The Kier molecular flexibility index (Phi) is 10.7. The van der Waals surface area contributed by atoms with Crippen LogP contribution in [0.2, 0.25) is 0 Å². The van der Waals surface area contributed by atoms with Crippen molar-refractivity contribution in [3.8, 4) is 11.5 Å². The molecular formula is C31H46N4O6. The zero-order valence-corrected chi connectivity index (χ0v) is 24.9. The van der Waals surface area contributed by atoms with Crippen LogP contribution in [0.5, 0.6) is 11.5 Å². The number of anilines is 1. The van der Waals surface area contributed by atoms with Gasteiger partial charge < -0.3 is 30.2 Å². The summed E-state index contributed by atoms with van der Waals surface area (Å²) in [6.07, 6.45) is 8.26. The number of carbonyl (C=O) groups is 3. The van der Waals surface area contributed by atoms with E-state index in [1.807, 2.05) is 0 Å². The van der Waals surface area contributed by atoms with Gasteiger partial charge in [0.25, 0.3) is 0 Å². The minimum atomic E-state index is -0.624. The number of nitrogens with zero attached hydrogens (tertiary/aromatic N) is 1. The van der Waals surface area contributed by atoms with Gasteiger partial charge in [-0.2, -0.15) is 0 Å². The Morgan fingerprint density at radius 2 is 1.80 bits per heavy atom. The maximum absolute atomic E-state index is 13.9. The lowest BCUT2D eigenvalue weighted by Gasteiger charge is -2.41. The fraction of sp³-hybridized carbons (Fsp3) is 0.645. The number of amides is 3. The van der Waals surface area contributed by atoms with Crippen molar-refractivity contribution in [3.05, 3.63) is 30.4 Å². The molecule has 0 saturated carbocycles. The molecule has 3 amide bonds. The first-order chi connectivity index (χ1) is 19.7. The van der Waals surface area contributed by atoms with Crippen LogP contribution in [0.3, 0.4) is 0 Å². The van der Waals surface area contributed by atoms with Crippen LogP contribution in [-0.2, 0) is 19.1 Å². The van der Waals surface area contributed by atoms with Gasteiger partial charge in [-0.3, -0.25) is 19.3 Å². The first-order valence-corrected chi connectivity index (χ1v) is 14.8. The standard InChI is InChI=1S/C31H46N4O6/c1-21(2)15-27-29(37)33-26-8-14-41-20-22(26)7-5-6-9-31(30(38)34-27)10-12-35(13-11-31)19-28(36)32-23-16-24(39-3)18-25(17-23)40-4/h5-6,16-18,21-22,26-27H,7-15,19-20H2,1-4H3,(H,32,36)(H,33,37)(H,34,38)/b6-5-/t22-,26+,27-/m1/s1. The summed E-state index contributed by atoms with van der Waals surface area (Å²) in [4.78, 5) is 42.2. The highest BCUT2D eigenvalue weighted by Gasteiger charge is 2.42. The third kappa shape index (κ3) is 8.23. The largest absolute Gasteiger partial charge is 0.497 e. The average Bonchev–Trinajstić information content (AvgIpc) is 2.95. The van der Waals surface area contributed by atoms with Crippen LogP contribution in [0, 0.1) is 17.3 Å². The SMILES string of the molecule is COc1cc(NC(=O)CN2CCC3(C/C=C\C[C@@H]4COCC[C@@H]4NC(=O)[C@@H](CC(C)C)NC3=O)CC2)cc(OC)c1. The lowest BCUT2D eigenvalue weighted by Crippen LogP contribution is -2.57. The maximum atomic E-state index is 13.9. The molecule has 0 radical (unpaired) electrons. The van der Waals surface area contributed by atoms with Gasteiger partial charge >= 0.3 is 0 Å². The Labute approximate surface area is 243 Å². The quantitative estimate of drug-likeness (QED) is 0.431. The predicted molar refractivity (Wildman–Crippen MR) is 157 cm³/mol. The number of benzene rings is 1. The summed E-state index contributed by atoms with van der Waals surface area (Å²) in [5.74, 6) is 1.35.